The molecule has 0 fully saturated rings. The quantitative estimate of drug-likeness (QED) is 0.822. The molecule has 0 saturated heterocycles. The molecule has 15 heavy (non-hydrogen) atoms. The van der Waals surface area contributed by atoms with Gasteiger partial charge in [-0.25, -0.2) is 0 Å². The fraction of sp³-hybridized carbons (Fsp3) is 0.385. The molecule has 2 heteroatoms. The Balaban J connectivity index is 2.69. The maximum atomic E-state index is 5.42. The Morgan fingerprint density at radius 1 is 1.53 bits per heavy atom. The predicted octanol–water partition coefficient (Wildman–Crippen LogP) is 3.51. The van der Waals surface area contributed by atoms with Crippen LogP contribution in [0.1, 0.15) is 31.9 Å². The second-order valence-corrected chi connectivity index (χ2v) is 4.49. The normalized spacial score (nSPS) is 14.3. The Morgan fingerprint density at radius 3 is 2.80 bits per heavy atom. The van der Waals surface area contributed by atoms with Gasteiger partial charge in [-0.05, 0) is 31.0 Å². The summed E-state index contributed by atoms with van der Waals surface area (Å²) in [4.78, 5) is 0. The lowest BCUT2D eigenvalue weighted by molar-refractivity contribution is 0.512. The summed E-state index contributed by atoms with van der Waals surface area (Å²) in [7, 11) is 0. The van der Waals surface area contributed by atoms with Crippen LogP contribution in [0.15, 0.2) is 28.7 Å². The standard InChI is InChI=1S/C13H16BrN/c1-4-13(5-2)15-10(3)11-7-6-8-12(14)9-11/h1,6-10,13,15H,5H2,2-3H3/t10-,13?/m1/s1. The first-order valence-corrected chi connectivity index (χ1v) is 5.94. The summed E-state index contributed by atoms with van der Waals surface area (Å²) >= 11 is 3.46. The van der Waals surface area contributed by atoms with Crippen LogP contribution in [0.4, 0.5) is 0 Å². The van der Waals surface area contributed by atoms with Crippen LogP contribution in [0.3, 0.4) is 0 Å². The van der Waals surface area contributed by atoms with Gasteiger partial charge in [-0.3, -0.25) is 5.32 Å². The molecule has 80 valence electrons. The summed E-state index contributed by atoms with van der Waals surface area (Å²) in [5.74, 6) is 2.74. The van der Waals surface area contributed by atoms with Crippen LogP contribution in [-0.4, -0.2) is 6.04 Å². The maximum absolute atomic E-state index is 5.42. The minimum absolute atomic E-state index is 0.152. The maximum Gasteiger partial charge on any atom is 0.0688 e. The van der Waals surface area contributed by atoms with E-state index in [0.29, 0.717) is 0 Å². The zero-order valence-electron chi connectivity index (χ0n) is 9.13. The fourth-order valence-corrected chi connectivity index (χ4v) is 1.87. The van der Waals surface area contributed by atoms with Crippen molar-refractivity contribution >= 4 is 15.9 Å². The lowest BCUT2D eigenvalue weighted by atomic mass is 10.1. The minimum Gasteiger partial charge on any atom is -0.297 e. The first-order chi connectivity index (χ1) is 7.17. The summed E-state index contributed by atoms with van der Waals surface area (Å²) < 4.78 is 1.10. The first kappa shape index (κ1) is 12.3. The lowest BCUT2D eigenvalue weighted by Gasteiger charge is -2.18. The van der Waals surface area contributed by atoms with Gasteiger partial charge in [-0.1, -0.05) is 40.9 Å². The summed E-state index contributed by atoms with van der Waals surface area (Å²) in [6, 6.07) is 8.71. The number of hydrogen-bond acceptors (Lipinski definition) is 1. The van der Waals surface area contributed by atoms with Crippen molar-refractivity contribution in [1.82, 2.24) is 5.32 Å². The van der Waals surface area contributed by atoms with Crippen molar-refractivity contribution < 1.29 is 0 Å². The zero-order chi connectivity index (χ0) is 11.3. The molecule has 0 saturated carbocycles. The van der Waals surface area contributed by atoms with Gasteiger partial charge < -0.3 is 0 Å². The molecule has 1 aromatic carbocycles. The fourth-order valence-electron chi connectivity index (χ4n) is 1.46. The molecule has 0 aliphatic rings. The van der Waals surface area contributed by atoms with E-state index in [0.717, 1.165) is 10.9 Å². The number of terminal acetylenes is 1. The highest BCUT2D eigenvalue weighted by Crippen LogP contribution is 2.18. The minimum atomic E-state index is 0.152. The molecule has 0 aliphatic carbocycles. The van der Waals surface area contributed by atoms with E-state index < -0.39 is 0 Å². The van der Waals surface area contributed by atoms with Crippen molar-refractivity contribution in [3.8, 4) is 12.3 Å². The van der Waals surface area contributed by atoms with Gasteiger partial charge in [-0.2, -0.15) is 0 Å². The van der Waals surface area contributed by atoms with Crippen LogP contribution >= 0.6 is 15.9 Å². The van der Waals surface area contributed by atoms with E-state index in [1.54, 1.807) is 0 Å². The zero-order valence-corrected chi connectivity index (χ0v) is 10.7. The molecular weight excluding hydrogens is 250 g/mol. The molecule has 1 N–H and O–H groups in total. The molecule has 1 nitrogen and oxygen atoms in total. The van der Waals surface area contributed by atoms with Crippen molar-refractivity contribution in [3.05, 3.63) is 34.3 Å². The van der Waals surface area contributed by atoms with E-state index in [9.17, 15) is 0 Å². The molecule has 0 amide bonds. The van der Waals surface area contributed by atoms with Crippen LogP contribution in [0.2, 0.25) is 0 Å². The molecular formula is C13H16BrN. The van der Waals surface area contributed by atoms with E-state index >= 15 is 0 Å². The van der Waals surface area contributed by atoms with E-state index in [1.165, 1.54) is 5.56 Å². The van der Waals surface area contributed by atoms with Crippen molar-refractivity contribution in [2.24, 2.45) is 0 Å². The monoisotopic (exact) mass is 265 g/mol. The summed E-state index contributed by atoms with van der Waals surface area (Å²) in [5, 5.41) is 3.40. The third-order valence-electron chi connectivity index (χ3n) is 2.41. The highest BCUT2D eigenvalue weighted by atomic mass is 79.9. The second-order valence-electron chi connectivity index (χ2n) is 3.57. The average Bonchev–Trinajstić information content (AvgIpc) is 2.25. The molecule has 2 atom stereocenters. The molecule has 0 aliphatic heterocycles. The first-order valence-electron chi connectivity index (χ1n) is 5.15. The van der Waals surface area contributed by atoms with E-state index in [-0.39, 0.29) is 12.1 Å². The number of halogens is 1. The molecule has 0 bridgehead atoms. The molecule has 0 spiro atoms. The average molecular weight is 266 g/mol. The highest BCUT2D eigenvalue weighted by molar-refractivity contribution is 9.10. The Morgan fingerprint density at radius 2 is 2.27 bits per heavy atom. The van der Waals surface area contributed by atoms with E-state index in [2.05, 4.69) is 53.1 Å². The van der Waals surface area contributed by atoms with Crippen LogP contribution in [0.25, 0.3) is 0 Å². The molecule has 1 aromatic rings. The van der Waals surface area contributed by atoms with E-state index in [4.69, 9.17) is 6.42 Å². The van der Waals surface area contributed by atoms with Crippen molar-refractivity contribution in [3.63, 3.8) is 0 Å². The van der Waals surface area contributed by atoms with Gasteiger partial charge in [0.15, 0.2) is 0 Å². The molecule has 1 unspecified atom stereocenters. The third-order valence-corrected chi connectivity index (χ3v) is 2.90. The molecule has 0 radical (unpaired) electrons. The van der Waals surface area contributed by atoms with Gasteiger partial charge in [0.2, 0.25) is 0 Å². The number of benzene rings is 1. The van der Waals surface area contributed by atoms with Gasteiger partial charge in [0.25, 0.3) is 0 Å². The SMILES string of the molecule is C#CC(CC)N[C@H](C)c1cccc(Br)c1. The Bertz CT molecular complexity index is 354. The summed E-state index contributed by atoms with van der Waals surface area (Å²) in [6.45, 7) is 4.22. The Hall–Kier alpha value is -0.780. The third kappa shape index (κ3) is 3.70. The molecule has 0 aromatic heterocycles. The largest absolute Gasteiger partial charge is 0.297 e. The van der Waals surface area contributed by atoms with Crippen LogP contribution in [0.5, 0.6) is 0 Å². The van der Waals surface area contributed by atoms with Gasteiger partial charge in [0, 0.05) is 10.5 Å². The van der Waals surface area contributed by atoms with Crippen LogP contribution in [0, 0.1) is 12.3 Å². The van der Waals surface area contributed by atoms with Crippen LogP contribution in [-0.2, 0) is 0 Å². The van der Waals surface area contributed by atoms with Crippen LogP contribution < -0.4 is 5.32 Å². The number of nitrogens with one attached hydrogen (secondary N) is 1. The topological polar surface area (TPSA) is 12.0 Å². The van der Waals surface area contributed by atoms with Crippen molar-refractivity contribution in [2.45, 2.75) is 32.4 Å². The lowest BCUT2D eigenvalue weighted by Crippen LogP contribution is -2.29. The van der Waals surface area contributed by atoms with Gasteiger partial charge in [0.05, 0.1) is 6.04 Å². The van der Waals surface area contributed by atoms with Gasteiger partial charge in [-0.15, -0.1) is 6.42 Å². The summed E-state index contributed by atoms with van der Waals surface area (Å²) in [5.41, 5.74) is 1.25. The molecule has 0 heterocycles. The Labute approximate surface area is 100 Å². The number of rotatable bonds is 4. The number of hydrogen-bond donors (Lipinski definition) is 1. The Kier molecular flexibility index (Phi) is 4.87. The predicted molar refractivity (Wildman–Crippen MR) is 68.6 cm³/mol. The van der Waals surface area contributed by atoms with Crippen molar-refractivity contribution in [2.75, 3.05) is 0 Å². The van der Waals surface area contributed by atoms with Gasteiger partial charge in [0.1, 0.15) is 0 Å². The second kappa shape index (κ2) is 5.95. The molecule has 1 rings (SSSR count). The van der Waals surface area contributed by atoms with Crippen molar-refractivity contribution in [1.29, 1.82) is 0 Å². The van der Waals surface area contributed by atoms with E-state index in [1.807, 2.05) is 12.1 Å². The van der Waals surface area contributed by atoms with Gasteiger partial charge >= 0.3 is 0 Å². The summed E-state index contributed by atoms with van der Waals surface area (Å²) in [6.07, 6.45) is 6.37. The smallest absolute Gasteiger partial charge is 0.0688 e. The highest BCUT2D eigenvalue weighted by Gasteiger charge is 2.09.